The first-order valence-electron chi connectivity index (χ1n) is 7.29. The van der Waals surface area contributed by atoms with Crippen LogP contribution in [0.15, 0.2) is 34.4 Å². The molecule has 0 radical (unpaired) electrons. The highest BCUT2D eigenvalue weighted by Gasteiger charge is 2.22. The lowest BCUT2D eigenvalue weighted by atomic mass is 10.1. The highest BCUT2D eigenvalue weighted by molar-refractivity contribution is 7.07. The Labute approximate surface area is 132 Å². The Morgan fingerprint density at radius 1 is 1.45 bits per heavy atom. The molecule has 2 aromatic rings. The van der Waals surface area contributed by atoms with E-state index in [4.69, 9.17) is 4.74 Å². The van der Waals surface area contributed by atoms with Crippen molar-refractivity contribution in [1.82, 2.24) is 9.88 Å². The van der Waals surface area contributed by atoms with E-state index in [-0.39, 0.29) is 16.9 Å². The minimum Gasteiger partial charge on any atom is -0.488 e. The van der Waals surface area contributed by atoms with Gasteiger partial charge in [-0.25, -0.2) is 0 Å². The number of hydrogen-bond acceptors (Lipinski definition) is 4. The van der Waals surface area contributed by atoms with Crippen molar-refractivity contribution in [3.63, 3.8) is 0 Å². The number of thiazole rings is 1. The van der Waals surface area contributed by atoms with Crippen LogP contribution in [-0.4, -0.2) is 23.1 Å². The SMILES string of the molecule is Cc1csc(=O)n1CCC(=O)NC[C@H]1Cc2ccccc2O1. The Morgan fingerprint density at radius 2 is 2.27 bits per heavy atom. The van der Waals surface area contributed by atoms with Crippen LogP contribution < -0.4 is 14.9 Å². The van der Waals surface area contributed by atoms with Gasteiger partial charge in [0.2, 0.25) is 5.91 Å². The topological polar surface area (TPSA) is 60.3 Å². The fourth-order valence-corrected chi connectivity index (χ4v) is 3.33. The molecule has 6 heteroatoms. The number of carbonyl (C=O) groups is 1. The lowest BCUT2D eigenvalue weighted by Gasteiger charge is -2.12. The summed E-state index contributed by atoms with van der Waals surface area (Å²) in [6, 6.07) is 7.93. The summed E-state index contributed by atoms with van der Waals surface area (Å²) in [7, 11) is 0. The molecule has 0 unspecified atom stereocenters. The minimum absolute atomic E-state index is 0.00745. The molecule has 1 aromatic carbocycles. The van der Waals surface area contributed by atoms with Crippen LogP contribution in [0.5, 0.6) is 5.75 Å². The highest BCUT2D eigenvalue weighted by atomic mass is 32.1. The van der Waals surface area contributed by atoms with E-state index in [1.54, 1.807) is 4.57 Å². The fraction of sp³-hybridized carbons (Fsp3) is 0.375. The quantitative estimate of drug-likeness (QED) is 0.913. The van der Waals surface area contributed by atoms with Crippen LogP contribution in [0.1, 0.15) is 17.7 Å². The first kappa shape index (κ1) is 14.8. The molecule has 0 aliphatic carbocycles. The van der Waals surface area contributed by atoms with Gasteiger partial charge in [-0.3, -0.25) is 9.59 Å². The number of benzene rings is 1. The van der Waals surface area contributed by atoms with Crippen molar-refractivity contribution in [3.8, 4) is 5.75 Å². The Hall–Kier alpha value is -2.08. The van der Waals surface area contributed by atoms with Crippen LogP contribution in [-0.2, 0) is 17.8 Å². The molecule has 1 aliphatic rings. The van der Waals surface area contributed by atoms with Crippen LogP contribution in [0.4, 0.5) is 0 Å². The first-order chi connectivity index (χ1) is 10.6. The number of nitrogens with zero attached hydrogens (tertiary/aromatic N) is 1. The largest absolute Gasteiger partial charge is 0.488 e. The van der Waals surface area contributed by atoms with E-state index in [9.17, 15) is 9.59 Å². The third kappa shape index (κ3) is 3.22. The molecule has 1 amide bonds. The van der Waals surface area contributed by atoms with Gasteiger partial charge in [0.05, 0.1) is 6.54 Å². The second kappa shape index (κ2) is 6.36. The molecule has 0 saturated heterocycles. The van der Waals surface area contributed by atoms with Crippen LogP contribution in [0, 0.1) is 6.92 Å². The Kier molecular flexibility index (Phi) is 4.29. The van der Waals surface area contributed by atoms with E-state index < -0.39 is 0 Å². The summed E-state index contributed by atoms with van der Waals surface area (Å²) in [6.45, 7) is 2.79. The summed E-state index contributed by atoms with van der Waals surface area (Å²) in [5.74, 6) is 0.847. The number of para-hydroxylation sites is 1. The molecule has 22 heavy (non-hydrogen) atoms. The molecule has 116 valence electrons. The van der Waals surface area contributed by atoms with E-state index in [1.807, 2.05) is 36.6 Å². The molecular formula is C16H18N2O3S. The van der Waals surface area contributed by atoms with Gasteiger partial charge in [0, 0.05) is 30.5 Å². The summed E-state index contributed by atoms with van der Waals surface area (Å²) < 4.78 is 7.41. The number of aryl methyl sites for hydroxylation is 1. The van der Waals surface area contributed by atoms with Gasteiger partial charge in [-0.1, -0.05) is 29.5 Å². The van der Waals surface area contributed by atoms with Crippen LogP contribution in [0.25, 0.3) is 0 Å². The molecule has 3 rings (SSSR count). The maximum absolute atomic E-state index is 11.9. The number of rotatable bonds is 5. The number of nitrogens with one attached hydrogen (secondary N) is 1. The predicted octanol–water partition coefficient (Wildman–Crippen LogP) is 1.73. The monoisotopic (exact) mass is 318 g/mol. The standard InChI is InChI=1S/C16H18N2O3S/c1-11-10-22-16(20)18(11)7-6-15(19)17-9-13-8-12-4-2-3-5-14(12)21-13/h2-5,10,13H,6-9H2,1H3,(H,17,19)/t13-/m1/s1. The molecule has 1 aliphatic heterocycles. The van der Waals surface area contributed by atoms with E-state index in [2.05, 4.69) is 5.32 Å². The van der Waals surface area contributed by atoms with Gasteiger partial charge < -0.3 is 14.6 Å². The Balaban J connectivity index is 1.45. The first-order valence-corrected chi connectivity index (χ1v) is 8.17. The second-order valence-electron chi connectivity index (χ2n) is 5.40. The van der Waals surface area contributed by atoms with E-state index in [0.717, 1.165) is 17.9 Å². The zero-order valence-electron chi connectivity index (χ0n) is 12.4. The zero-order chi connectivity index (χ0) is 15.5. The summed E-state index contributed by atoms with van der Waals surface area (Å²) in [6.07, 6.45) is 1.11. The molecule has 0 spiro atoms. The van der Waals surface area contributed by atoms with Gasteiger partial charge in [-0.15, -0.1) is 0 Å². The van der Waals surface area contributed by atoms with Crippen molar-refractivity contribution in [1.29, 1.82) is 0 Å². The maximum atomic E-state index is 11.9. The van der Waals surface area contributed by atoms with Gasteiger partial charge in [-0.05, 0) is 18.6 Å². The van der Waals surface area contributed by atoms with Crippen LogP contribution in [0.3, 0.4) is 0 Å². The average Bonchev–Trinajstić information content (AvgIpc) is 3.07. The number of fused-ring (bicyclic) bond motifs is 1. The summed E-state index contributed by atoms with van der Waals surface area (Å²) >= 11 is 1.17. The third-order valence-corrected chi connectivity index (χ3v) is 4.66. The lowest BCUT2D eigenvalue weighted by molar-refractivity contribution is -0.121. The summed E-state index contributed by atoms with van der Waals surface area (Å²) in [5, 5.41) is 4.69. The van der Waals surface area contributed by atoms with Crippen molar-refractivity contribution < 1.29 is 9.53 Å². The molecule has 0 saturated carbocycles. The second-order valence-corrected chi connectivity index (χ2v) is 6.22. The van der Waals surface area contributed by atoms with E-state index in [0.29, 0.717) is 19.5 Å². The van der Waals surface area contributed by atoms with Gasteiger partial charge in [-0.2, -0.15) is 0 Å². The number of aromatic nitrogens is 1. The van der Waals surface area contributed by atoms with Crippen LogP contribution in [0.2, 0.25) is 0 Å². The number of carbonyl (C=O) groups excluding carboxylic acids is 1. The summed E-state index contributed by atoms with van der Waals surface area (Å²) in [5.41, 5.74) is 2.08. The van der Waals surface area contributed by atoms with Gasteiger partial charge >= 0.3 is 4.87 Å². The minimum atomic E-state index is -0.0583. The molecule has 5 nitrogen and oxygen atoms in total. The maximum Gasteiger partial charge on any atom is 0.307 e. The number of ether oxygens (including phenoxy) is 1. The van der Waals surface area contributed by atoms with E-state index in [1.165, 1.54) is 16.9 Å². The normalized spacial score (nSPS) is 16.1. The van der Waals surface area contributed by atoms with Crippen molar-refractivity contribution in [2.45, 2.75) is 32.4 Å². The fourth-order valence-electron chi connectivity index (χ4n) is 2.57. The van der Waals surface area contributed by atoms with Crippen LogP contribution >= 0.6 is 11.3 Å². The van der Waals surface area contributed by atoms with E-state index >= 15 is 0 Å². The molecular weight excluding hydrogens is 300 g/mol. The van der Waals surface area contributed by atoms with Crippen molar-refractivity contribution in [2.24, 2.45) is 0 Å². The lowest BCUT2D eigenvalue weighted by Crippen LogP contribution is -2.35. The van der Waals surface area contributed by atoms with Gasteiger partial charge in [0.1, 0.15) is 11.9 Å². The average molecular weight is 318 g/mol. The summed E-state index contributed by atoms with van der Waals surface area (Å²) in [4.78, 5) is 23.5. The Morgan fingerprint density at radius 3 is 3.00 bits per heavy atom. The zero-order valence-corrected chi connectivity index (χ0v) is 13.2. The molecule has 0 fully saturated rings. The molecule has 1 N–H and O–H groups in total. The molecule has 1 atom stereocenters. The molecule has 2 heterocycles. The predicted molar refractivity (Wildman–Crippen MR) is 85.5 cm³/mol. The van der Waals surface area contributed by atoms with Gasteiger partial charge in [0.15, 0.2) is 0 Å². The van der Waals surface area contributed by atoms with Crippen molar-refractivity contribution in [3.05, 3.63) is 50.6 Å². The van der Waals surface area contributed by atoms with Gasteiger partial charge in [0.25, 0.3) is 0 Å². The highest BCUT2D eigenvalue weighted by Crippen LogP contribution is 2.27. The van der Waals surface area contributed by atoms with Crippen molar-refractivity contribution >= 4 is 17.2 Å². The third-order valence-electron chi connectivity index (χ3n) is 3.78. The number of hydrogen-bond donors (Lipinski definition) is 1. The van der Waals surface area contributed by atoms with Crippen molar-refractivity contribution in [2.75, 3.05) is 6.54 Å². The molecule has 0 bridgehead atoms. The Bertz CT molecular complexity index is 710. The number of amides is 1. The molecule has 1 aromatic heterocycles. The smallest absolute Gasteiger partial charge is 0.307 e.